The van der Waals surface area contributed by atoms with Gasteiger partial charge in [0.15, 0.2) is 0 Å². The van der Waals surface area contributed by atoms with E-state index in [1.807, 2.05) is 0 Å². The summed E-state index contributed by atoms with van der Waals surface area (Å²) in [6.07, 6.45) is -4.38. The van der Waals surface area contributed by atoms with Crippen LogP contribution in [0.2, 0.25) is 10.0 Å². The number of hydrogen-bond acceptors (Lipinski definition) is 4. The summed E-state index contributed by atoms with van der Waals surface area (Å²) in [4.78, 5) is 43.4. The van der Waals surface area contributed by atoms with Gasteiger partial charge in [-0.15, -0.1) is 0 Å². The average molecular weight is 556 g/mol. The number of amides is 1. The molecule has 1 fully saturated rings. The first-order valence-electron chi connectivity index (χ1n) is 11.3. The Kier molecular flexibility index (Phi) is 7.02. The fourth-order valence-corrected chi connectivity index (χ4v) is 5.35. The van der Waals surface area contributed by atoms with Gasteiger partial charge in [0.1, 0.15) is 11.3 Å². The maximum atomic E-state index is 13.6. The van der Waals surface area contributed by atoms with Crippen LogP contribution >= 0.6 is 23.2 Å². The SMILES string of the molecule is Cc1cc(C(F)(F)F)nc2c1cc(C(=O)c1c(Cl)ccc(C(=O)N3CC[C@@H](C(=O)O)[C@@H](C)C3)c1Cl)n2C. The maximum absolute atomic E-state index is 13.6. The van der Waals surface area contributed by atoms with Gasteiger partial charge in [-0.2, -0.15) is 13.2 Å². The highest BCUT2D eigenvalue weighted by Gasteiger charge is 2.36. The van der Waals surface area contributed by atoms with Crippen LogP contribution in [0, 0.1) is 18.8 Å². The number of alkyl halides is 3. The highest BCUT2D eigenvalue weighted by Crippen LogP contribution is 2.35. The first-order valence-corrected chi connectivity index (χ1v) is 12.1. The molecule has 3 aromatic rings. The van der Waals surface area contributed by atoms with E-state index < -0.39 is 35.4 Å². The first-order chi connectivity index (χ1) is 17.2. The summed E-state index contributed by atoms with van der Waals surface area (Å²) < 4.78 is 41.1. The lowest BCUT2D eigenvalue weighted by atomic mass is 9.86. The van der Waals surface area contributed by atoms with Crippen LogP contribution in [-0.2, 0) is 18.0 Å². The zero-order valence-electron chi connectivity index (χ0n) is 20.0. The van der Waals surface area contributed by atoms with Crippen LogP contribution in [0.3, 0.4) is 0 Å². The minimum absolute atomic E-state index is 0.00535. The van der Waals surface area contributed by atoms with Gasteiger partial charge in [-0.25, -0.2) is 4.98 Å². The molecule has 12 heteroatoms. The summed E-state index contributed by atoms with van der Waals surface area (Å²) in [7, 11) is 1.41. The lowest BCUT2D eigenvalue weighted by molar-refractivity contribution is -0.145. The fraction of sp³-hybridized carbons (Fsp3) is 0.360. The van der Waals surface area contributed by atoms with Gasteiger partial charge >= 0.3 is 12.1 Å². The number of carbonyl (C=O) groups is 3. The molecule has 2 aromatic heterocycles. The lowest BCUT2D eigenvalue weighted by Crippen LogP contribution is -2.45. The predicted molar refractivity (Wildman–Crippen MR) is 131 cm³/mol. The molecule has 0 radical (unpaired) electrons. The molecular formula is C25H22Cl2F3N3O4. The summed E-state index contributed by atoms with van der Waals surface area (Å²) >= 11 is 12.8. The first kappa shape index (κ1) is 26.9. The average Bonchev–Trinajstić information content (AvgIpc) is 3.15. The zero-order chi connectivity index (χ0) is 27.4. The van der Waals surface area contributed by atoms with E-state index >= 15 is 0 Å². The highest BCUT2D eigenvalue weighted by atomic mass is 35.5. The molecule has 1 N–H and O–H groups in total. The number of carbonyl (C=O) groups excluding carboxylic acids is 2. The minimum atomic E-state index is -4.66. The molecule has 1 aliphatic heterocycles. The zero-order valence-corrected chi connectivity index (χ0v) is 21.5. The number of nitrogens with zero attached hydrogens (tertiary/aromatic N) is 3. The van der Waals surface area contributed by atoms with Gasteiger partial charge in [0.2, 0.25) is 5.78 Å². The highest BCUT2D eigenvalue weighted by molar-refractivity contribution is 6.42. The predicted octanol–water partition coefficient (Wildman–Crippen LogP) is 5.62. The van der Waals surface area contributed by atoms with Crippen molar-refractivity contribution in [3.8, 4) is 0 Å². The number of aliphatic carboxylic acids is 1. The number of aryl methyl sites for hydroxylation is 2. The molecule has 1 aliphatic rings. The van der Waals surface area contributed by atoms with E-state index in [2.05, 4.69) is 4.98 Å². The van der Waals surface area contributed by atoms with E-state index in [9.17, 15) is 32.7 Å². The maximum Gasteiger partial charge on any atom is 0.433 e. The topological polar surface area (TPSA) is 92.5 Å². The second-order valence-corrected chi connectivity index (χ2v) is 10.0. The van der Waals surface area contributed by atoms with Crippen LogP contribution in [0.4, 0.5) is 13.2 Å². The number of halogens is 5. The molecule has 37 heavy (non-hydrogen) atoms. The van der Waals surface area contributed by atoms with Gasteiger partial charge in [0, 0.05) is 25.5 Å². The summed E-state index contributed by atoms with van der Waals surface area (Å²) in [5, 5.41) is 9.47. The second kappa shape index (κ2) is 9.64. The number of hydrogen-bond donors (Lipinski definition) is 1. The largest absolute Gasteiger partial charge is 0.481 e. The number of pyridine rings is 1. The van der Waals surface area contributed by atoms with Crippen LogP contribution in [0.25, 0.3) is 11.0 Å². The number of fused-ring (bicyclic) bond motifs is 1. The van der Waals surface area contributed by atoms with Gasteiger partial charge < -0.3 is 14.6 Å². The second-order valence-electron chi connectivity index (χ2n) is 9.22. The molecule has 7 nitrogen and oxygen atoms in total. The Labute approximate surface area is 219 Å². The molecule has 196 valence electrons. The van der Waals surface area contributed by atoms with Crippen molar-refractivity contribution in [2.45, 2.75) is 26.4 Å². The molecule has 0 aliphatic carbocycles. The van der Waals surface area contributed by atoms with Crippen molar-refractivity contribution in [3.63, 3.8) is 0 Å². The number of rotatable bonds is 4. The molecule has 0 spiro atoms. The molecule has 1 aromatic carbocycles. The number of benzene rings is 1. The minimum Gasteiger partial charge on any atom is -0.481 e. The molecule has 4 rings (SSSR count). The van der Waals surface area contributed by atoms with Crippen molar-refractivity contribution in [1.29, 1.82) is 0 Å². The number of ketones is 1. The van der Waals surface area contributed by atoms with E-state index in [0.29, 0.717) is 5.39 Å². The number of piperidine rings is 1. The van der Waals surface area contributed by atoms with Crippen molar-refractivity contribution in [1.82, 2.24) is 14.5 Å². The third-order valence-corrected chi connectivity index (χ3v) is 7.49. The van der Waals surface area contributed by atoms with Crippen LogP contribution < -0.4 is 0 Å². The lowest BCUT2D eigenvalue weighted by Gasteiger charge is -2.35. The molecule has 0 unspecified atom stereocenters. The number of carboxylic acid groups (broad SMARTS) is 1. The monoisotopic (exact) mass is 555 g/mol. The van der Waals surface area contributed by atoms with Crippen LogP contribution in [0.5, 0.6) is 0 Å². The van der Waals surface area contributed by atoms with E-state index in [1.54, 1.807) is 6.92 Å². The third-order valence-electron chi connectivity index (χ3n) is 6.79. The van der Waals surface area contributed by atoms with Gasteiger partial charge in [-0.3, -0.25) is 14.4 Å². The Morgan fingerprint density at radius 1 is 1.16 bits per heavy atom. The van der Waals surface area contributed by atoms with Crippen molar-refractivity contribution in [2.75, 3.05) is 13.1 Å². The van der Waals surface area contributed by atoms with Crippen LogP contribution in [-0.4, -0.2) is 50.3 Å². The summed E-state index contributed by atoms with van der Waals surface area (Å²) in [5.41, 5.74) is -0.987. The summed E-state index contributed by atoms with van der Waals surface area (Å²) in [6, 6.07) is 5.07. The number of carboxylic acids is 1. The molecule has 3 heterocycles. The third kappa shape index (κ3) is 4.80. The van der Waals surface area contributed by atoms with Crippen LogP contribution in [0.1, 0.15) is 51.0 Å². The molecule has 1 saturated heterocycles. The standard InChI is InChI=1S/C25H22Cl2F3N3O4/c1-11-8-18(25(28,29)30)31-22-15(11)9-17(32(22)3)21(34)19-16(26)5-4-14(20(19)27)23(35)33-7-6-13(24(36)37)12(2)10-33/h4-5,8-9,12-13H,6-7,10H2,1-3H3,(H,36,37)/t12-,13+/m0/s1. The Morgan fingerprint density at radius 2 is 1.84 bits per heavy atom. The smallest absolute Gasteiger partial charge is 0.433 e. The number of aromatic nitrogens is 2. The quantitative estimate of drug-likeness (QED) is 0.422. The molecular weight excluding hydrogens is 534 g/mol. The van der Waals surface area contributed by atoms with Gasteiger partial charge in [-0.05, 0) is 49.1 Å². The Balaban J connectivity index is 1.73. The van der Waals surface area contributed by atoms with Gasteiger partial charge in [-0.1, -0.05) is 30.1 Å². The molecule has 0 bridgehead atoms. The normalized spacial score (nSPS) is 18.3. The van der Waals surface area contributed by atoms with Crippen molar-refractivity contribution >= 4 is 51.9 Å². The van der Waals surface area contributed by atoms with E-state index in [4.69, 9.17) is 23.2 Å². The van der Waals surface area contributed by atoms with Crippen LogP contribution in [0.15, 0.2) is 24.3 Å². The Morgan fingerprint density at radius 3 is 2.43 bits per heavy atom. The van der Waals surface area contributed by atoms with Crippen molar-refractivity contribution in [3.05, 3.63) is 62.4 Å². The van der Waals surface area contributed by atoms with Gasteiger partial charge in [0.05, 0.1) is 32.8 Å². The molecule has 2 atom stereocenters. The van der Waals surface area contributed by atoms with E-state index in [-0.39, 0.29) is 63.5 Å². The van der Waals surface area contributed by atoms with Crippen molar-refractivity contribution in [2.24, 2.45) is 18.9 Å². The fourth-order valence-electron chi connectivity index (χ4n) is 4.73. The summed E-state index contributed by atoms with van der Waals surface area (Å²) in [5.74, 6) is -2.93. The molecule has 0 saturated carbocycles. The van der Waals surface area contributed by atoms with Crippen molar-refractivity contribution < 1.29 is 32.7 Å². The Hall–Kier alpha value is -3.11. The van der Waals surface area contributed by atoms with E-state index in [1.165, 1.54) is 41.6 Å². The van der Waals surface area contributed by atoms with Gasteiger partial charge in [0.25, 0.3) is 5.91 Å². The summed E-state index contributed by atoms with van der Waals surface area (Å²) in [6.45, 7) is 3.64. The Bertz CT molecular complexity index is 1450. The van der Waals surface area contributed by atoms with E-state index in [0.717, 1.165) is 6.07 Å². The molecule has 1 amide bonds. The number of likely N-dealkylation sites (tertiary alicyclic amines) is 1.